The van der Waals surface area contributed by atoms with Crippen LogP contribution in [0.3, 0.4) is 0 Å². The molecule has 0 aliphatic carbocycles. The van der Waals surface area contributed by atoms with Crippen LogP contribution < -0.4 is 11.1 Å². The summed E-state index contributed by atoms with van der Waals surface area (Å²) in [6.07, 6.45) is 1.69. The third-order valence-corrected chi connectivity index (χ3v) is 4.73. The Bertz CT molecular complexity index is 869. The standard InChI is InChI=1S/C19H18N4S2/c20-19(18-6-3-11-25-18)23-15-9-7-14(8-10-15)12-21-13-22-16-4-1-2-5-17(16)24/h1-11,13,24H,12H2,(H2,20,23)(H,21,22). The Kier molecular flexibility index (Phi) is 5.87. The maximum atomic E-state index is 6.00. The molecule has 3 N–H and O–H groups in total. The van der Waals surface area contributed by atoms with Crippen molar-refractivity contribution in [3.05, 3.63) is 76.5 Å². The van der Waals surface area contributed by atoms with Crippen molar-refractivity contribution in [3.8, 4) is 0 Å². The number of thiol groups is 1. The minimum Gasteiger partial charge on any atom is -0.383 e. The van der Waals surface area contributed by atoms with Crippen LogP contribution in [-0.2, 0) is 6.54 Å². The Hall–Kier alpha value is -2.57. The van der Waals surface area contributed by atoms with Crippen molar-refractivity contribution in [3.63, 3.8) is 0 Å². The second-order valence-electron chi connectivity index (χ2n) is 5.27. The number of anilines is 1. The van der Waals surface area contributed by atoms with E-state index >= 15 is 0 Å². The Balaban J connectivity index is 1.57. The first-order valence-corrected chi connectivity index (χ1v) is 9.05. The molecule has 0 spiro atoms. The van der Waals surface area contributed by atoms with Crippen LogP contribution in [-0.4, -0.2) is 12.2 Å². The van der Waals surface area contributed by atoms with Crippen LogP contribution in [0.1, 0.15) is 10.4 Å². The van der Waals surface area contributed by atoms with Crippen LogP contribution >= 0.6 is 24.0 Å². The Morgan fingerprint density at radius 1 is 1.08 bits per heavy atom. The fraction of sp³-hybridized carbons (Fsp3) is 0.0526. The van der Waals surface area contributed by atoms with E-state index in [9.17, 15) is 0 Å². The number of nitrogens with zero attached hydrogens (tertiary/aromatic N) is 2. The molecular weight excluding hydrogens is 348 g/mol. The van der Waals surface area contributed by atoms with Crippen LogP contribution in [0.4, 0.5) is 11.4 Å². The van der Waals surface area contributed by atoms with Gasteiger partial charge in [-0.15, -0.1) is 24.0 Å². The van der Waals surface area contributed by atoms with E-state index in [1.54, 1.807) is 17.7 Å². The molecule has 25 heavy (non-hydrogen) atoms. The quantitative estimate of drug-likeness (QED) is 0.336. The van der Waals surface area contributed by atoms with Crippen molar-refractivity contribution >= 4 is 47.5 Å². The molecule has 2 aromatic carbocycles. The Labute approximate surface area is 156 Å². The molecule has 3 rings (SSSR count). The lowest BCUT2D eigenvalue weighted by molar-refractivity contribution is 1.07. The van der Waals surface area contributed by atoms with Gasteiger partial charge in [0, 0.05) is 4.90 Å². The van der Waals surface area contributed by atoms with Crippen LogP contribution in [0.5, 0.6) is 0 Å². The van der Waals surface area contributed by atoms with E-state index in [2.05, 4.69) is 27.9 Å². The Morgan fingerprint density at radius 2 is 1.88 bits per heavy atom. The number of nitrogens with two attached hydrogens (primary N) is 1. The zero-order valence-electron chi connectivity index (χ0n) is 13.5. The highest BCUT2D eigenvalue weighted by molar-refractivity contribution is 7.80. The molecule has 0 bridgehead atoms. The van der Waals surface area contributed by atoms with Crippen molar-refractivity contribution in [1.82, 2.24) is 0 Å². The topological polar surface area (TPSA) is 62.8 Å². The molecule has 6 heteroatoms. The lowest BCUT2D eigenvalue weighted by atomic mass is 10.2. The van der Waals surface area contributed by atoms with Gasteiger partial charge in [-0.2, -0.15) is 0 Å². The van der Waals surface area contributed by atoms with Gasteiger partial charge in [0.1, 0.15) is 5.84 Å². The number of benzene rings is 2. The number of nitrogens with one attached hydrogen (secondary N) is 1. The molecule has 0 atom stereocenters. The summed E-state index contributed by atoms with van der Waals surface area (Å²) < 4.78 is 0. The van der Waals surface area contributed by atoms with E-state index in [0.717, 1.165) is 26.7 Å². The minimum absolute atomic E-state index is 0.537. The smallest absolute Gasteiger partial charge is 0.141 e. The predicted molar refractivity (Wildman–Crippen MR) is 111 cm³/mol. The zero-order chi connectivity index (χ0) is 17.5. The molecule has 0 fully saturated rings. The summed E-state index contributed by atoms with van der Waals surface area (Å²) in [4.78, 5) is 10.7. The number of rotatable bonds is 6. The first-order chi connectivity index (χ1) is 12.2. The average molecular weight is 367 g/mol. The number of para-hydroxylation sites is 1. The van der Waals surface area contributed by atoms with Gasteiger partial charge in [-0.05, 0) is 41.3 Å². The third kappa shape index (κ3) is 4.95. The maximum Gasteiger partial charge on any atom is 0.141 e. The molecule has 0 saturated carbocycles. The normalized spacial score (nSPS) is 11.8. The highest BCUT2D eigenvalue weighted by Gasteiger charge is 1.99. The molecule has 0 radical (unpaired) electrons. The summed E-state index contributed by atoms with van der Waals surface area (Å²) in [6.45, 7) is 0.589. The molecule has 0 saturated heterocycles. The summed E-state index contributed by atoms with van der Waals surface area (Å²) in [5.74, 6) is 0.537. The van der Waals surface area contributed by atoms with E-state index in [0.29, 0.717) is 12.4 Å². The van der Waals surface area contributed by atoms with Crippen molar-refractivity contribution in [2.75, 3.05) is 5.32 Å². The van der Waals surface area contributed by atoms with Gasteiger partial charge in [0.25, 0.3) is 0 Å². The van der Waals surface area contributed by atoms with Crippen molar-refractivity contribution < 1.29 is 0 Å². The molecule has 1 aromatic heterocycles. The molecule has 0 aliphatic heterocycles. The van der Waals surface area contributed by atoms with E-state index in [4.69, 9.17) is 5.73 Å². The monoisotopic (exact) mass is 366 g/mol. The fourth-order valence-corrected chi connectivity index (χ4v) is 3.01. The number of hydrogen-bond acceptors (Lipinski definition) is 4. The highest BCUT2D eigenvalue weighted by atomic mass is 32.1. The van der Waals surface area contributed by atoms with Gasteiger partial charge >= 0.3 is 0 Å². The van der Waals surface area contributed by atoms with Gasteiger partial charge in [-0.25, -0.2) is 4.99 Å². The van der Waals surface area contributed by atoms with Crippen molar-refractivity contribution in [2.45, 2.75) is 11.4 Å². The largest absolute Gasteiger partial charge is 0.383 e. The molecule has 0 amide bonds. The molecule has 0 aliphatic rings. The fourth-order valence-electron chi connectivity index (χ4n) is 2.16. The minimum atomic E-state index is 0.537. The molecule has 3 aromatic rings. The SMILES string of the molecule is NC(=Nc1ccc(CN=CNc2ccccc2S)cc1)c1cccs1. The summed E-state index contributed by atoms with van der Waals surface area (Å²) in [5.41, 5.74) is 8.87. The maximum absolute atomic E-state index is 6.00. The summed E-state index contributed by atoms with van der Waals surface area (Å²) in [5, 5.41) is 5.12. The second-order valence-corrected chi connectivity index (χ2v) is 6.70. The van der Waals surface area contributed by atoms with Gasteiger partial charge in [0.2, 0.25) is 0 Å². The summed E-state index contributed by atoms with van der Waals surface area (Å²) in [6, 6.07) is 19.6. The van der Waals surface area contributed by atoms with Crippen LogP contribution in [0.25, 0.3) is 0 Å². The van der Waals surface area contributed by atoms with Gasteiger partial charge in [0.15, 0.2) is 0 Å². The zero-order valence-corrected chi connectivity index (χ0v) is 15.2. The first kappa shape index (κ1) is 17.3. The summed E-state index contributed by atoms with van der Waals surface area (Å²) >= 11 is 5.96. The van der Waals surface area contributed by atoms with Gasteiger partial charge in [-0.1, -0.05) is 30.3 Å². The Morgan fingerprint density at radius 3 is 2.60 bits per heavy atom. The van der Waals surface area contributed by atoms with Crippen LogP contribution in [0.2, 0.25) is 0 Å². The third-order valence-electron chi connectivity index (χ3n) is 3.45. The second kappa shape index (κ2) is 8.50. The van der Waals surface area contributed by atoms with E-state index in [1.807, 2.05) is 66.0 Å². The van der Waals surface area contributed by atoms with Gasteiger partial charge in [0.05, 0.1) is 29.1 Å². The molecule has 1 heterocycles. The highest BCUT2D eigenvalue weighted by Crippen LogP contribution is 2.18. The lowest BCUT2D eigenvalue weighted by Gasteiger charge is -2.03. The summed E-state index contributed by atoms with van der Waals surface area (Å²) in [7, 11) is 0. The first-order valence-electron chi connectivity index (χ1n) is 7.72. The molecular formula is C19H18N4S2. The average Bonchev–Trinajstić information content (AvgIpc) is 3.16. The molecule has 4 nitrogen and oxygen atoms in total. The van der Waals surface area contributed by atoms with E-state index in [1.165, 1.54) is 0 Å². The predicted octanol–water partition coefficient (Wildman–Crippen LogP) is 4.71. The van der Waals surface area contributed by atoms with Gasteiger partial charge in [-0.3, -0.25) is 4.99 Å². The van der Waals surface area contributed by atoms with Crippen LogP contribution in [0, 0.1) is 0 Å². The number of amidine groups is 1. The molecule has 126 valence electrons. The van der Waals surface area contributed by atoms with Crippen molar-refractivity contribution in [2.24, 2.45) is 15.7 Å². The van der Waals surface area contributed by atoms with Crippen molar-refractivity contribution in [1.29, 1.82) is 0 Å². The number of thiophene rings is 1. The van der Waals surface area contributed by atoms with Gasteiger partial charge < -0.3 is 11.1 Å². The number of aliphatic imine (C=N–C) groups is 2. The van der Waals surface area contributed by atoms with E-state index in [-0.39, 0.29) is 0 Å². The number of hydrogen-bond donors (Lipinski definition) is 3. The van der Waals surface area contributed by atoms with E-state index < -0.39 is 0 Å². The molecule has 0 unspecified atom stereocenters. The lowest BCUT2D eigenvalue weighted by Crippen LogP contribution is -2.10. The van der Waals surface area contributed by atoms with Crippen LogP contribution in [0.15, 0.2) is 80.9 Å².